The maximum atomic E-state index is 9.46. The van der Waals surface area contributed by atoms with Crippen LogP contribution in [0, 0.1) is 0 Å². The first-order valence-electron chi connectivity index (χ1n) is 5.19. The molecule has 74 valence electrons. The summed E-state index contributed by atoms with van der Waals surface area (Å²) in [7, 11) is 0. The van der Waals surface area contributed by atoms with Crippen LogP contribution in [0.1, 0.15) is 33.1 Å². The summed E-state index contributed by atoms with van der Waals surface area (Å²) in [6.45, 7) is 6.98. The predicted octanol–water partition coefficient (Wildman–Crippen LogP) is 1.55. The zero-order chi connectivity index (χ0) is 9.47. The number of hydrogen-bond donors (Lipinski definition) is 1. The third-order valence-electron chi connectivity index (χ3n) is 3.67. The van der Waals surface area contributed by atoms with Crippen LogP contribution < -0.4 is 0 Å². The number of aliphatic hydroxyl groups excluding tert-OH is 1. The van der Waals surface area contributed by atoms with Crippen molar-refractivity contribution in [3.63, 3.8) is 0 Å². The molecule has 0 aromatic carbocycles. The molecule has 2 aliphatic heterocycles. The van der Waals surface area contributed by atoms with Gasteiger partial charge in [0.25, 0.3) is 0 Å². The normalized spacial score (nSPS) is 33.9. The van der Waals surface area contributed by atoms with E-state index in [1.54, 1.807) is 5.57 Å². The Hall–Kier alpha value is -0.340. The van der Waals surface area contributed by atoms with E-state index in [1.165, 1.54) is 25.0 Å². The first kappa shape index (κ1) is 9.22. The van der Waals surface area contributed by atoms with Crippen LogP contribution in [0.4, 0.5) is 0 Å². The van der Waals surface area contributed by atoms with E-state index in [1.807, 2.05) is 0 Å². The number of allylic oxidation sites excluding steroid dienone is 1. The molecule has 0 amide bonds. The van der Waals surface area contributed by atoms with Crippen molar-refractivity contribution in [1.82, 2.24) is 4.90 Å². The van der Waals surface area contributed by atoms with Gasteiger partial charge in [-0.15, -0.1) is 0 Å². The molecular weight excluding hydrogens is 162 g/mol. The quantitative estimate of drug-likeness (QED) is 0.620. The van der Waals surface area contributed by atoms with Crippen LogP contribution in [0.3, 0.4) is 0 Å². The average Bonchev–Trinajstić information content (AvgIpc) is 2.58. The van der Waals surface area contributed by atoms with Gasteiger partial charge in [-0.1, -0.05) is 11.1 Å². The topological polar surface area (TPSA) is 23.5 Å². The molecule has 0 aliphatic carbocycles. The van der Waals surface area contributed by atoms with Crippen molar-refractivity contribution in [1.29, 1.82) is 0 Å². The van der Waals surface area contributed by atoms with Crippen molar-refractivity contribution in [2.45, 2.75) is 38.6 Å². The Labute approximate surface area is 80.2 Å². The molecule has 0 aromatic heterocycles. The number of hydrogen-bond acceptors (Lipinski definition) is 2. The predicted molar refractivity (Wildman–Crippen MR) is 53.6 cm³/mol. The Bertz CT molecular complexity index is 242. The minimum absolute atomic E-state index is 0.132. The Morgan fingerprint density at radius 3 is 2.85 bits per heavy atom. The maximum Gasteiger partial charge on any atom is 0.0618 e. The summed E-state index contributed by atoms with van der Waals surface area (Å²) in [4.78, 5) is 2.47. The van der Waals surface area contributed by atoms with Gasteiger partial charge < -0.3 is 5.11 Å². The van der Waals surface area contributed by atoms with E-state index in [4.69, 9.17) is 0 Å². The highest BCUT2D eigenvalue weighted by Gasteiger charge is 2.45. The van der Waals surface area contributed by atoms with Crippen molar-refractivity contribution in [2.24, 2.45) is 0 Å². The molecule has 13 heavy (non-hydrogen) atoms. The molecule has 2 nitrogen and oxygen atoms in total. The third kappa shape index (κ3) is 1.32. The molecule has 1 N–H and O–H groups in total. The van der Waals surface area contributed by atoms with E-state index < -0.39 is 0 Å². The number of aliphatic hydroxyl groups is 1. The third-order valence-corrected chi connectivity index (χ3v) is 3.67. The highest BCUT2D eigenvalue weighted by Crippen LogP contribution is 2.41. The molecule has 2 heteroatoms. The van der Waals surface area contributed by atoms with E-state index in [2.05, 4.69) is 18.7 Å². The summed E-state index contributed by atoms with van der Waals surface area (Å²) in [5, 5.41) is 9.46. The number of nitrogens with zero attached hydrogens (tertiary/aromatic N) is 1. The molecule has 2 heterocycles. The molecule has 0 spiro atoms. The number of fused-ring (bicyclic) bond motifs is 1. The SMILES string of the molecule is CC(C)=C1CN2CCC[C@@]2(CO)C1. The minimum Gasteiger partial charge on any atom is -0.394 e. The van der Waals surface area contributed by atoms with E-state index in [0.717, 1.165) is 13.0 Å². The smallest absolute Gasteiger partial charge is 0.0618 e. The van der Waals surface area contributed by atoms with Crippen molar-refractivity contribution in [3.8, 4) is 0 Å². The lowest BCUT2D eigenvalue weighted by atomic mass is 9.92. The summed E-state index contributed by atoms with van der Waals surface area (Å²) in [6, 6.07) is 0. The van der Waals surface area contributed by atoms with Gasteiger partial charge in [0.15, 0.2) is 0 Å². The molecule has 2 rings (SSSR count). The lowest BCUT2D eigenvalue weighted by Crippen LogP contribution is -2.41. The van der Waals surface area contributed by atoms with Crippen LogP contribution in [0.5, 0.6) is 0 Å². The van der Waals surface area contributed by atoms with Crippen molar-refractivity contribution in [2.75, 3.05) is 19.7 Å². The van der Waals surface area contributed by atoms with Gasteiger partial charge in [-0.25, -0.2) is 0 Å². The van der Waals surface area contributed by atoms with E-state index in [-0.39, 0.29) is 5.54 Å². The molecular formula is C11H19NO. The van der Waals surface area contributed by atoms with Crippen LogP contribution in [0.25, 0.3) is 0 Å². The van der Waals surface area contributed by atoms with Gasteiger partial charge in [-0.3, -0.25) is 4.90 Å². The zero-order valence-electron chi connectivity index (χ0n) is 8.64. The molecule has 0 radical (unpaired) electrons. The van der Waals surface area contributed by atoms with Crippen LogP contribution >= 0.6 is 0 Å². The van der Waals surface area contributed by atoms with Gasteiger partial charge in [0.05, 0.1) is 6.61 Å². The minimum atomic E-state index is 0.132. The molecule has 1 atom stereocenters. The van der Waals surface area contributed by atoms with Gasteiger partial charge >= 0.3 is 0 Å². The Morgan fingerprint density at radius 2 is 2.31 bits per heavy atom. The standard InChI is InChI=1S/C11H19NO/c1-9(2)10-6-11(8-13)4-3-5-12(11)7-10/h13H,3-8H2,1-2H3/t11-/m0/s1. The molecule has 0 unspecified atom stereocenters. The average molecular weight is 181 g/mol. The zero-order valence-corrected chi connectivity index (χ0v) is 8.64. The van der Waals surface area contributed by atoms with Crippen LogP contribution in [0.15, 0.2) is 11.1 Å². The summed E-state index contributed by atoms with van der Waals surface area (Å²) in [5.74, 6) is 0. The lowest BCUT2D eigenvalue weighted by Gasteiger charge is -2.28. The van der Waals surface area contributed by atoms with E-state index in [9.17, 15) is 5.11 Å². The Morgan fingerprint density at radius 1 is 1.54 bits per heavy atom. The van der Waals surface area contributed by atoms with Crippen molar-refractivity contribution >= 4 is 0 Å². The summed E-state index contributed by atoms with van der Waals surface area (Å²) >= 11 is 0. The molecule has 0 bridgehead atoms. The molecule has 2 saturated heterocycles. The first-order chi connectivity index (χ1) is 6.18. The molecule has 0 aromatic rings. The van der Waals surface area contributed by atoms with Crippen molar-refractivity contribution in [3.05, 3.63) is 11.1 Å². The largest absolute Gasteiger partial charge is 0.394 e. The highest BCUT2D eigenvalue weighted by molar-refractivity contribution is 5.24. The fourth-order valence-corrected chi connectivity index (χ4v) is 2.69. The van der Waals surface area contributed by atoms with Crippen LogP contribution in [-0.2, 0) is 0 Å². The van der Waals surface area contributed by atoms with E-state index >= 15 is 0 Å². The lowest BCUT2D eigenvalue weighted by molar-refractivity contribution is 0.1000. The van der Waals surface area contributed by atoms with E-state index in [0.29, 0.717) is 6.61 Å². The van der Waals surface area contributed by atoms with Crippen LogP contribution in [-0.4, -0.2) is 35.2 Å². The van der Waals surface area contributed by atoms with Gasteiger partial charge in [0, 0.05) is 12.1 Å². The van der Waals surface area contributed by atoms with Gasteiger partial charge in [0.1, 0.15) is 0 Å². The van der Waals surface area contributed by atoms with Crippen LogP contribution in [0.2, 0.25) is 0 Å². The van der Waals surface area contributed by atoms with Gasteiger partial charge in [-0.2, -0.15) is 0 Å². The fourth-order valence-electron chi connectivity index (χ4n) is 2.69. The maximum absolute atomic E-state index is 9.46. The van der Waals surface area contributed by atoms with Crippen molar-refractivity contribution < 1.29 is 5.11 Å². The summed E-state index contributed by atoms with van der Waals surface area (Å²) in [5.41, 5.74) is 3.13. The summed E-state index contributed by atoms with van der Waals surface area (Å²) in [6.07, 6.45) is 3.54. The van der Waals surface area contributed by atoms with Gasteiger partial charge in [0.2, 0.25) is 0 Å². The van der Waals surface area contributed by atoms with Gasteiger partial charge in [-0.05, 0) is 39.7 Å². The monoisotopic (exact) mass is 181 g/mol. The first-order valence-corrected chi connectivity index (χ1v) is 5.19. The fraction of sp³-hybridized carbons (Fsp3) is 0.818. The molecule has 2 aliphatic rings. The number of rotatable bonds is 1. The molecule has 0 saturated carbocycles. The second-order valence-electron chi connectivity index (χ2n) is 4.69. The second-order valence-corrected chi connectivity index (χ2v) is 4.69. The molecule has 2 fully saturated rings. The summed E-state index contributed by atoms with van der Waals surface area (Å²) < 4.78 is 0. The Balaban J connectivity index is 2.23. The highest BCUT2D eigenvalue weighted by atomic mass is 16.3. The second kappa shape index (κ2) is 3.10. The Kier molecular flexibility index (Phi) is 2.20.